The molecule has 1 unspecified atom stereocenters. The van der Waals surface area contributed by atoms with Crippen molar-refractivity contribution in [2.24, 2.45) is 5.92 Å². The molecule has 6 nitrogen and oxygen atoms in total. The lowest BCUT2D eigenvalue weighted by atomic mass is 10.1. The van der Waals surface area contributed by atoms with E-state index >= 15 is 0 Å². The molecule has 2 N–H and O–H groups in total. The molecule has 0 aliphatic carbocycles. The van der Waals surface area contributed by atoms with Crippen molar-refractivity contribution in [1.29, 1.82) is 0 Å². The monoisotopic (exact) mass is 375 g/mol. The zero-order valence-corrected chi connectivity index (χ0v) is 15.2. The predicted octanol–water partition coefficient (Wildman–Crippen LogP) is 1.47. The number of ether oxygens (including phenoxy) is 1. The number of amides is 2. The Morgan fingerprint density at radius 1 is 1.29 bits per heavy atom. The number of halogens is 2. The summed E-state index contributed by atoms with van der Waals surface area (Å²) in [5, 5.41) is 6.63. The maximum Gasteiger partial charge on any atom is 0.227 e. The van der Waals surface area contributed by atoms with Gasteiger partial charge in [-0.2, -0.15) is 0 Å². The Kier molecular flexibility index (Phi) is 9.07. The summed E-state index contributed by atoms with van der Waals surface area (Å²) < 4.78 is 4.92. The highest BCUT2D eigenvalue weighted by molar-refractivity contribution is 6.30. The highest BCUT2D eigenvalue weighted by atomic mass is 35.5. The smallest absolute Gasteiger partial charge is 0.227 e. The number of nitrogens with one attached hydrogen (secondary N) is 2. The molecule has 1 aromatic carbocycles. The molecule has 2 rings (SSSR count). The van der Waals surface area contributed by atoms with Crippen molar-refractivity contribution in [3.05, 3.63) is 29.3 Å². The average molecular weight is 376 g/mol. The molecule has 24 heavy (non-hydrogen) atoms. The summed E-state index contributed by atoms with van der Waals surface area (Å²) >= 11 is 5.86. The minimum Gasteiger partial charge on any atom is -0.383 e. The third-order valence-corrected chi connectivity index (χ3v) is 3.97. The van der Waals surface area contributed by atoms with E-state index in [0.29, 0.717) is 31.3 Å². The molecular formula is C16H23Cl2N3O3. The van der Waals surface area contributed by atoms with Crippen LogP contribution in [-0.4, -0.2) is 51.7 Å². The van der Waals surface area contributed by atoms with E-state index in [4.69, 9.17) is 16.3 Å². The topological polar surface area (TPSA) is 70.7 Å². The van der Waals surface area contributed by atoms with Crippen molar-refractivity contribution in [3.63, 3.8) is 0 Å². The number of benzene rings is 1. The lowest BCUT2D eigenvalue weighted by Crippen LogP contribution is -2.37. The van der Waals surface area contributed by atoms with Crippen molar-refractivity contribution >= 4 is 41.5 Å². The van der Waals surface area contributed by atoms with Crippen molar-refractivity contribution in [1.82, 2.24) is 10.6 Å². The van der Waals surface area contributed by atoms with Crippen LogP contribution >= 0.6 is 24.0 Å². The van der Waals surface area contributed by atoms with Gasteiger partial charge in [-0.05, 0) is 24.3 Å². The average Bonchev–Trinajstić information content (AvgIpc) is 2.93. The first-order valence-electron chi connectivity index (χ1n) is 7.65. The normalized spacial score (nSPS) is 16.8. The van der Waals surface area contributed by atoms with Gasteiger partial charge in [-0.15, -0.1) is 12.4 Å². The highest BCUT2D eigenvalue weighted by Crippen LogP contribution is 2.26. The first-order valence-corrected chi connectivity index (χ1v) is 8.03. The van der Waals surface area contributed by atoms with E-state index < -0.39 is 0 Å². The Morgan fingerprint density at radius 2 is 2.00 bits per heavy atom. The Bertz CT molecular complexity index is 540. The van der Waals surface area contributed by atoms with Gasteiger partial charge in [0, 0.05) is 50.4 Å². The lowest BCUT2D eigenvalue weighted by Gasteiger charge is -2.16. The Hall–Kier alpha value is -1.34. The molecule has 1 aliphatic rings. The largest absolute Gasteiger partial charge is 0.383 e. The van der Waals surface area contributed by atoms with Gasteiger partial charge in [-0.1, -0.05) is 11.6 Å². The predicted molar refractivity (Wildman–Crippen MR) is 96.9 cm³/mol. The van der Waals surface area contributed by atoms with Gasteiger partial charge in [0.05, 0.1) is 12.5 Å². The molecule has 1 saturated heterocycles. The van der Waals surface area contributed by atoms with Gasteiger partial charge in [-0.25, -0.2) is 0 Å². The van der Waals surface area contributed by atoms with Crippen LogP contribution < -0.4 is 15.5 Å². The van der Waals surface area contributed by atoms with Crippen LogP contribution in [0.2, 0.25) is 5.02 Å². The van der Waals surface area contributed by atoms with Gasteiger partial charge in [0.2, 0.25) is 11.8 Å². The minimum atomic E-state index is -0.308. The van der Waals surface area contributed by atoms with Crippen molar-refractivity contribution in [2.75, 3.05) is 44.8 Å². The third kappa shape index (κ3) is 5.94. The number of carbonyl (C=O) groups is 2. The van der Waals surface area contributed by atoms with Gasteiger partial charge in [-0.3, -0.25) is 9.59 Å². The number of rotatable bonds is 8. The van der Waals surface area contributed by atoms with Crippen molar-refractivity contribution in [3.8, 4) is 0 Å². The van der Waals surface area contributed by atoms with E-state index in [1.165, 1.54) is 0 Å². The number of methoxy groups -OCH3 is 1. The molecule has 1 atom stereocenters. The van der Waals surface area contributed by atoms with E-state index in [2.05, 4.69) is 10.6 Å². The van der Waals surface area contributed by atoms with E-state index in [1.807, 2.05) is 0 Å². The fourth-order valence-electron chi connectivity index (χ4n) is 2.47. The van der Waals surface area contributed by atoms with Gasteiger partial charge in [0.1, 0.15) is 0 Å². The second-order valence-corrected chi connectivity index (χ2v) is 5.85. The maximum absolute atomic E-state index is 12.1. The first kappa shape index (κ1) is 20.7. The zero-order chi connectivity index (χ0) is 16.7. The summed E-state index contributed by atoms with van der Waals surface area (Å²) in [6.07, 6.45) is 0.242. The van der Waals surface area contributed by atoms with Crippen molar-refractivity contribution in [2.45, 2.75) is 6.42 Å². The van der Waals surface area contributed by atoms with Crippen LogP contribution in [0.1, 0.15) is 6.42 Å². The summed E-state index contributed by atoms with van der Waals surface area (Å²) in [5.74, 6) is -0.425. The molecule has 1 heterocycles. The second-order valence-electron chi connectivity index (χ2n) is 5.42. The minimum absolute atomic E-state index is 0. The van der Waals surface area contributed by atoms with Crippen LogP contribution in [-0.2, 0) is 14.3 Å². The molecule has 1 aliphatic heterocycles. The van der Waals surface area contributed by atoms with Crippen LogP contribution in [0.25, 0.3) is 0 Å². The number of nitrogens with zero attached hydrogens (tertiary/aromatic N) is 1. The quantitative estimate of drug-likeness (QED) is 0.674. The van der Waals surface area contributed by atoms with Crippen LogP contribution in [0.5, 0.6) is 0 Å². The van der Waals surface area contributed by atoms with Gasteiger partial charge in [0.25, 0.3) is 0 Å². The SMILES string of the molecule is COCCNCCNC(=O)C1CC(=O)N(c2ccc(Cl)cc2)C1.Cl. The number of anilines is 1. The third-order valence-electron chi connectivity index (χ3n) is 3.72. The van der Waals surface area contributed by atoms with Crippen LogP contribution in [0, 0.1) is 5.92 Å². The molecular weight excluding hydrogens is 353 g/mol. The first-order chi connectivity index (χ1) is 11.1. The number of hydrogen-bond acceptors (Lipinski definition) is 4. The highest BCUT2D eigenvalue weighted by Gasteiger charge is 2.34. The van der Waals surface area contributed by atoms with E-state index in [1.54, 1.807) is 36.3 Å². The fraction of sp³-hybridized carbons (Fsp3) is 0.500. The van der Waals surface area contributed by atoms with Crippen LogP contribution in [0.4, 0.5) is 5.69 Å². The number of carbonyl (C=O) groups excluding carboxylic acids is 2. The summed E-state index contributed by atoms with van der Waals surface area (Å²) in [5.41, 5.74) is 0.774. The van der Waals surface area contributed by atoms with E-state index in [-0.39, 0.29) is 36.6 Å². The molecule has 8 heteroatoms. The Balaban J connectivity index is 0.00000288. The lowest BCUT2D eigenvalue weighted by molar-refractivity contribution is -0.126. The molecule has 134 valence electrons. The summed E-state index contributed by atoms with van der Waals surface area (Å²) in [6.45, 7) is 3.01. The summed E-state index contributed by atoms with van der Waals surface area (Å²) in [4.78, 5) is 25.9. The van der Waals surface area contributed by atoms with Crippen molar-refractivity contribution < 1.29 is 14.3 Å². The molecule has 0 radical (unpaired) electrons. The molecule has 1 aromatic rings. The Labute approximate surface area is 153 Å². The van der Waals surface area contributed by atoms with Crippen LogP contribution in [0.15, 0.2) is 24.3 Å². The van der Waals surface area contributed by atoms with Gasteiger partial charge >= 0.3 is 0 Å². The fourth-order valence-corrected chi connectivity index (χ4v) is 2.60. The molecule has 0 bridgehead atoms. The number of hydrogen-bond donors (Lipinski definition) is 2. The van der Waals surface area contributed by atoms with Gasteiger partial charge < -0.3 is 20.3 Å². The van der Waals surface area contributed by atoms with E-state index in [0.717, 1.165) is 12.2 Å². The standard InChI is InChI=1S/C16H22ClN3O3.ClH/c1-23-9-8-18-6-7-19-16(22)12-10-15(21)20(11-12)14-4-2-13(17)3-5-14;/h2-5,12,18H,6-11H2,1H3,(H,19,22);1H. The summed E-state index contributed by atoms with van der Waals surface area (Å²) in [7, 11) is 1.65. The van der Waals surface area contributed by atoms with E-state index in [9.17, 15) is 9.59 Å². The molecule has 2 amide bonds. The maximum atomic E-state index is 12.1. The summed E-state index contributed by atoms with van der Waals surface area (Å²) in [6, 6.07) is 7.06. The molecule has 0 saturated carbocycles. The Morgan fingerprint density at radius 3 is 2.67 bits per heavy atom. The van der Waals surface area contributed by atoms with Gasteiger partial charge in [0.15, 0.2) is 0 Å². The second kappa shape index (κ2) is 10.5. The zero-order valence-electron chi connectivity index (χ0n) is 13.6. The van der Waals surface area contributed by atoms with Crippen LogP contribution in [0.3, 0.4) is 0 Å². The molecule has 0 spiro atoms. The molecule has 1 fully saturated rings. The molecule has 0 aromatic heterocycles.